The molecule has 2 atom stereocenters. The lowest BCUT2D eigenvalue weighted by Gasteiger charge is -2.23. The normalized spacial score (nSPS) is 13.5. The van der Waals surface area contributed by atoms with E-state index in [-0.39, 0.29) is 18.1 Å². The van der Waals surface area contributed by atoms with Crippen molar-refractivity contribution in [1.29, 1.82) is 0 Å². The first-order chi connectivity index (χ1) is 13.2. The molecule has 1 aromatic heterocycles. The van der Waals surface area contributed by atoms with E-state index in [1.165, 1.54) is 6.92 Å². The molecule has 0 amide bonds. The van der Waals surface area contributed by atoms with E-state index in [0.29, 0.717) is 28.7 Å². The number of benzene rings is 1. The van der Waals surface area contributed by atoms with Crippen molar-refractivity contribution in [3.63, 3.8) is 0 Å². The van der Waals surface area contributed by atoms with Gasteiger partial charge in [-0.25, -0.2) is 4.98 Å². The minimum Gasteiger partial charge on any atom is -0.480 e. The van der Waals surface area contributed by atoms with Gasteiger partial charge in [-0.3, -0.25) is 14.9 Å². The number of nitrogens with zero attached hydrogens (tertiary/aromatic N) is 2. The van der Waals surface area contributed by atoms with E-state index in [4.69, 9.17) is 23.2 Å². The van der Waals surface area contributed by atoms with Gasteiger partial charge < -0.3 is 9.67 Å². The Hall–Kier alpha value is -1.89. The molecule has 1 heterocycles. The Kier molecular flexibility index (Phi) is 8.04. The van der Waals surface area contributed by atoms with Gasteiger partial charge in [-0.1, -0.05) is 43.1 Å². The van der Waals surface area contributed by atoms with Gasteiger partial charge in [0.25, 0.3) is 0 Å². The predicted octanol–water partition coefficient (Wildman–Crippen LogP) is 3.83. The molecule has 0 aliphatic heterocycles. The fourth-order valence-corrected chi connectivity index (χ4v) is 3.52. The Morgan fingerprint density at radius 1 is 1.21 bits per heavy atom. The molecule has 2 unspecified atom stereocenters. The zero-order valence-electron chi connectivity index (χ0n) is 16.2. The summed E-state index contributed by atoms with van der Waals surface area (Å²) in [6, 6.07) is 3.86. The lowest BCUT2D eigenvalue weighted by atomic mass is 9.99. The summed E-state index contributed by atoms with van der Waals surface area (Å²) >= 11 is 12.5. The molecule has 152 valence electrons. The predicted molar refractivity (Wildman–Crippen MR) is 110 cm³/mol. The molecular weight excluding hydrogens is 401 g/mol. The molecule has 0 aliphatic rings. The second-order valence-electron chi connectivity index (χ2n) is 7.27. The van der Waals surface area contributed by atoms with E-state index < -0.39 is 18.1 Å². The molecule has 2 rings (SSSR count). The van der Waals surface area contributed by atoms with E-state index in [1.54, 1.807) is 30.7 Å². The van der Waals surface area contributed by atoms with Crippen molar-refractivity contribution in [1.82, 2.24) is 14.9 Å². The molecule has 1 aromatic carbocycles. The Balaban J connectivity index is 2.20. The number of carbonyl (C=O) groups excluding carboxylic acids is 1. The highest BCUT2D eigenvalue weighted by molar-refractivity contribution is 6.35. The number of halogens is 2. The van der Waals surface area contributed by atoms with E-state index in [0.717, 1.165) is 5.56 Å². The van der Waals surface area contributed by atoms with Crippen LogP contribution in [0.15, 0.2) is 30.7 Å². The third kappa shape index (κ3) is 6.06. The molecule has 2 N–H and O–H groups in total. The molecule has 0 saturated heterocycles. The maximum atomic E-state index is 11.9. The number of ketones is 1. The maximum absolute atomic E-state index is 11.9. The number of aromatic nitrogens is 2. The Morgan fingerprint density at radius 3 is 2.39 bits per heavy atom. The molecule has 8 heteroatoms. The smallest absolute Gasteiger partial charge is 0.321 e. The maximum Gasteiger partial charge on any atom is 0.321 e. The fourth-order valence-electron chi connectivity index (χ4n) is 3.01. The highest BCUT2D eigenvalue weighted by Crippen LogP contribution is 2.25. The molecule has 0 spiro atoms. The van der Waals surface area contributed by atoms with Crippen LogP contribution in [0.25, 0.3) is 0 Å². The first kappa shape index (κ1) is 22.4. The molecular formula is C20H25Cl2N3O3. The highest BCUT2D eigenvalue weighted by atomic mass is 35.5. The number of carboxylic acid groups (broad SMARTS) is 1. The Bertz CT molecular complexity index is 816. The number of nitrogens with one attached hydrogen (secondary N) is 1. The summed E-state index contributed by atoms with van der Waals surface area (Å²) in [5, 5.41) is 13.7. The van der Waals surface area contributed by atoms with Gasteiger partial charge in [0, 0.05) is 33.9 Å². The number of carbonyl (C=O) groups is 2. The van der Waals surface area contributed by atoms with Crippen molar-refractivity contribution in [2.24, 2.45) is 5.92 Å². The van der Waals surface area contributed by atoms with Crippen LogP contribution in [0.1, 0.15) is 38.4 Å². The molecule has 0 radical (unpaired) electrons. The van der Waals surface area contributed by atoms with Crippen LogP contribution in [-0.2, 0) is 22.6 Å². The SMILES string of the molecule is CC(=O)C(CC(C)C)NC(Cc1cncn1Cc1c(Cl)cccc1Cl)C(=O)O. The standard InChI is InChI=1S/C20H25Cl2N3O3/c1-12(2)7-18(13(3)26)24-19(20(27)28)8-14-9-23-11-25(14)10-15-16(21)5-4-6-17(15)22/h4-6,9,11-12,18-19,24H,7-8,10H2,1-3H3,(H,27,28). The van der Waals surface area contributed by atoms with E-state index in [1.807, 2.05) is 18.4 Å². The van der Waals surface area contributed by atoms with Crippen LogP contribution in [0, 0.1) is 5.92 Å². The van der Waals surface area contributed by atoms with E-state index in [2.05, 4.69) is 10.3 Å². The van der Waals surface area contributed by atoms with Crippen LogP contribution >= 0.6 is 23.2 Å². The molecule has 28 heavy (non-hydrogen) atoms. The zero-order chi connectivity index (χ0) is 20.8. The summed E-state index contributed by atoms with van der Waals surface area (Å²) in [5.41, 5.74) is 1.45. The van der Waals surface area contributed by atoms with Crippen LogP contribution in [-0.4, -0.2) is 38.5 Å². The average molecular weight is 426 g/mol. The van der Waals surface area contributed by atoms with Crippen molar-refractivity contribution >= 4 is 35.0 Å². The lowest BCUT2D eigenvalue weighted by Crippen LogP contribution is -2.48. The molecule has 2 aromatic rings. The quantitative estimate of drug-likeness (QED) is 0.603. The molecule has 0 aliphatic carbocycles. The number of carboxylic acids is 1. The van der Waals surface area contributed by atoms with E-state index in [9.17, 15) is 14.7 Å². The van der Waals surface area contributed by atoms with Gasteiger partial charge in [0.2, 0.25) is 0 Å². The summed E-state index contributed by atoms with van der Waals surface area (Å²) in [7, 11) is 0. The number of aliphatic carboxylic acids is 1. The van der Waals surface area contributed by atoms with Crippen molar-refractivity contribution < 1.29 is 14.7 Å². The van der Waals surface area contributed by atoms with Gasteiger partial charge in [-0.05, 0) is 31.4 Å². The van der Waals surface area contributed by atoms with Gasteiger partial charge in [0.05, 0.1) is 18.9 Å². The molecule has 0 bridgehead atoms. The minimum absolute atomic E-state index is 0.0729. The van der Waals surface area contributed by atoms with Crippen molar-refractivity contribution in [3.05, 3.63) is 52.0 Å². The van der Waals surface area contributed by atoms with Crippen molar-refractivity contribution in [2.75, 3.05) is 0 Å². The number of imidazole rings is 1. The van der Waals surface area contributed by atoms with Crippen molar-refractivity contribution in [2.45, 2.75) is 52.2 Å². The van der Waals surface area contributed by atoms with Crippen LogP contribution in [0.5, 0.6) is 0 Å². The van der Waals surface area contributed by atoms with Crippen LogP contribution < -0.4 is 5.32 Å². The Morgan fingerprint density at radius 2 is 1.86 bits per heavy atom. The summed E-state index contributed by atoms with van der Waals surface area (Å²) in [6.07, 6.45) is 3.99. The third-order valence-corrected chi connectivity index (χ3v) is 5.21. The summed E-state index contributed by atoms with van der Waals surface area (Å²) < 4.78 is 1.82. The lowest BCUT2D eigenvalue weighted by molar-refractivity contribution is -0.139. The molecule has 0 saturated carbocycles. The second kappa shape index (κ2) is 10.0. The summed E-state index contributed by atoms with van der Waals surface area (Å²) in [4.78, 5) is 27.9. The van der Waals surface area contributed by atoms with Gasteiger partial charge in [-0.2, -0.15) is 0 Å². The fraction of sp³-hybridized carbons (Fsp3) is 0.450. The van der Waals surface area contributed by atoms with Crippen LogP contribution in [0.3, 0.4) is 0 Å². The number of Topliss-reactive ketones (excluding diaryl/α,β-unsaturated/α-hetero) is 1. The number of rotatable bonds is 10. The summed E-state index contributed by atoms with van der Waals surface area (Å²) in [5.74, 6) is -0.821. The summed E-state index contributed by atoms with van der Waals surface area (Å²) in [6.45, 7) is 5.84. The monoisotopic (exact) mass is 425 g/mol. The highest BCUT2D eigenvalue weighted by Gasteiger charge is 2.26. The largest absolute Gasteiger partial charge is 0.480 e. The minimum atomic E-state index is -1.02. The number of hydrogen-bond acceptors (Lipinski definition) is 4. The van der Waals surface area contributed by atoms with Gasteiger partial charge in [0.15, 0.2) is 0 Å². The zero-order valence-corrected chi connectivity index (χ0v) is 17.7. The first-order valence-corrected chi connectivity index (χ1v) is 9.85. The third-order valence-electron chi connectivity index (χ3n) is 4.50. The molecule has 0 fully saturated rings. The van der Waals surface area contributed by atoms with Gasteiger partial charge in [-0.15, -0.1) is 0 Å². The number of hydrogen-bond donors (Lipinski definition) is 2. The average Bonchev–Trinajstić information content (AvgIpc) is 3.03. The van der Waals surface area contributed by atoms with Crippen LogP contribution in [0.2, 0.25) is 10.0 Å². The Labute approximate surface area is 174 Å². The molecule has 6 nitrogen and oxygen atoms in total. The van der Waals surface area contributed by atoms with E-state index >= 15 is 0 Å². The topological polar surface area (TPSA) is 84.2 Å². The van der Waals surface area contributed by atoms with Gasteiger partial charge >= 0.3 is 5.97 Å². The first-order valence-electron chi connectivity index (χ1n) is 9.10. The van der Waals surface area contributed by atoms with Crippen molar-refractivity contribution in [3.8, 4) is 0 Å². The van der Waals surface area contributed by atoms with Gasteiger partial charge in [0.1, 0.15) is 11.8 Å². The van der Waals surface area contributed by atoms with Crippen LogP contribution in [0.4, 0.5) is 0 Å². The second-order valence-corrected chi connectivity index (χ2v) is 8.08.